The lowest BCUT2D eigenvalue weighted by molar-refractivity contribution is 0.266. The van der Waals surface area contributed by atoms with Crippen molar-refractivity contribution in [2.75, 3.05) is 32.1 Å². The number of anilines is 1. The van der Waals surface area contributed by atoms with Crippen LogP contribution in [0.3, 0.4) is 0 Å². The number of aliphatic hydroxyl groups is 1. The highest BCUT2D eigenvalue weighted by Gasteiger charge is 2.32. The Morgan fingerprint density at radius 1 is 1.40 bits per heavy atom. The topological polar surface area (TPSA) is 52.5 Å². The van der Waals surface area contributed by atoms with Crippen LogP contribution in [-0.4, -0.2) is 53.2 Å². The lowest BCUT2D eigenvalue weighted by Crippen LogP contribution is -2.34. The molecule has 0 saturated carbocycles. The molecular formula is C15H26N4O. The zero-order valence-corrected chi connectivity index (χ0v) is 13.2. The Morgan fingerprint density at radius 2 is 2.10 bits per heavy atom. The zero-order valence-electron chi connectivity index (χ0n) is 13.2. The van der Waals surface area contributed by atoms with Gasteiger partial charge in [0.15, 0.2) is 0 Å². The molecule has 1 aliphatic heterocycles. The van der Waals surface area contributed by atoms with Crippen LogP contribution >= 0.6 is 0 Å². The molecule has 2 heterocycles. The van der Waals surface area contributed by atoms with E-state index in [9.17, 15) is 5.11 Å². The van der Waals surface area contributed by atoms with E-state index in [1.165, 1.54) is 0 Å². The van der Waals surface area contributed by atoms with Crippen molar-refractivity contribution in [3.8, 4) is 0 Å². The summed E-state index contributed by atoms with van der Waals surface area (Å²) in [6.07, 6.45) is 1.87. The lowest BCUT2D eigenvalue weighted by Gasteiger charge is -2.23. The van der Waals surface area contributed by atoms with Crippen molar-refractivity contribution in [1.29, 1.82) is 0 Å². The first-order chi connectivity index (χ1) is 9.43. The molecule has 2 atom stereocenters. The van der Waals surface area contributed by atoms with Crippen molar-refractivity contribution in [2.45, 2.75) is 39.3 Å². The number of nitrogens with zero attached hydrogens (tertiary/aromatic N) is 4. The molecule has 1 aliphatic rings. The predicted octanol–water partition coefficient (Wildman–Crippen LogP) is 1.48. The average Bonchev–Trinajstić information content (AvgIpc) is 2.80. The largest absolute Gasteiger partial charge is 0.390 e. The number of hydrogen-bond acceptors (Lipinski definition) is 5. The number of hydrogen-bond donors (Lipinski definition) is 1. The second-order valence-electron chi connectivity index (χ2n) is 6.29. The van der Waals surface area contributed by atoms with E-state index in [-0.39, 0.29) is 12.5 Å². The highest BCUT2D eigenvalue weighted by Crippen LogP contribution is 2.28. The monoisotopic (exact) mass is 278 g/mol. The van der Waals surface area contributed by atoms with Crippen LogP contribution in [0.25, 0.3) is 0 Å². The molecule has 5 nitrogen and oxygen atoms in total. The Hall–Kier alpha value is -1.20. The Morgan fingerprint density at radius 3 is 2.60 bits per heavy atom. The van der Waals surface area contributed by atoms with E-state index in [2.05, 4.69) is 54.6 Å². The highest BCUT2D eigenvalue weighted by atomic mass is 16.3. The fourth-order valence-electron chi connectivity index (χ4n) is 2.90. The molecule has 1 aromatic rings. The van der Waals surface area contributed by atoms with E-state index in [0.717, 1.165) is 30.3 Å². The van der Waals surface area contributed by atoms with Gasteiger partial charge in [-0.3, -0.25) is 0 Å². The SMILES string of the molecule is CC(C)c1ncc(N2CC(C)C(N(C)C)C2)c(CO)n1. The first-order valence-corrected chi connectivity index (χ1v) is 7.32. The molecule has 0 aliphatic carbocycles. The predicted molar refractivity (Wildman–Crippen MR) is 80.9 cm³/mol. The molecule has 2 unspecified atom stereocenters. The van der Waals surface area contributed by atoms with Gasteiger partial charge in [-0.15, -0.1) is 0 Å². The van der Waals surface area contributed by atoms with Crippen molar-refractivity contribution in [1.82, 2.24) is 14.9 Å². The third kappa shape index (κ3) is 2.94. The van der Waals surface area contributed by atoms with Gasteiger partial charge in [-0.05, 0) is 20.0 Å². The minimum absolute atomic E-state index is 0.0327. The highest BCUT2D eigenvalue weighted by molar-refractivity contribution is 5.50. The molecule has 0 radical (unpaired) electrons. The second kappa shape index (κ2) is 6.06. The Balaban J connectivity index is 2.25. The van der Waals surface area contributed by atoms with Gasteiger partial charge in [-0.2, -0.15) is 0 Å². The molecule has 0 amide bonds. The molecular weight excluding hydrogens is 252 g/mol. The van der Waals surface area contributed by atoms with Crippen molar-refractivity contribution >= 4 is 5.69 Å². The second-order valence-corrected chi connectivity index (χ2v) is 6.29. The van der Waals surface area contributed by atoms with Crippen LogP contribution in [0.2, 0.25) is 0 Å². The quantitative estimate of drug-likeness (QED) is 0.904. The Kier molecular flexibility index (Phi) is 4.60. The summed E-state index contributed by atoms with van der Waals surface area (Å²) >= 11 is 0. The van der Waals surface area contributed by atoms with E-state index in [1.54, 1.807) is 0 Å². The minimum atomic E-state index is -0.0327. The molecule has 0 spiro atoms. The van der Waals surface area contributed by atoms with Crippen molar-refractivity contribution in [3.63, 3.8) is 0 Å². The summed E-state index contributed by atoms with van der Waals surface area (Å²) in [5.74, 6) is 1.68. The number of rotatable bonds is 4. The van der Waals surface area contributed by atoms with Gasteiger partial charge in [0, 0.05) is 25.0 Å². The van der Waals surface area contributed by atoms with Crippen molar-refractivity contribution in [3.05, 3.63) is 17.7 Å². The number of likely N-dealkylation sites (N-methyl/N-ethyl adjacent to an activating group) is 1. The summed E-state index contributed by atoms with van der Waals surface area (Å²) in [4.78, 5) is 13.5. The minimum Gasteiger partial charge on any atom is -0.390 e. The van der Waals surface area contributed by atoms with Crippen LogP contribution in [0, 0.1) is 5.92 Å². The number of aromatic nitrogens is 2. The molecule has 2 rings (SSSR count). The summed E-state index contributed by atoms with van der Waals surface area (Å²) in [5, 5.41) is 9.60. The maximum Gasteiger partial charge on any atom is 0.131 e. The average molecular weight is 278 g/mol. The summed E-state index contributed by atoms with van der Waals surface area (Å²) in [7, 11) is 4.24. The van der Waals surface area contributed by atoms with E-state index in [1.807, 2.05) is 6.20 Å². The lowest BCUT2D eigenvalue weighted by atomic mass is 10.1. The first kappa shape index (κ1) is 15.2. The molecule has 112 valence electrons. The molecule has 20 heavy (non-hydrogen) atoms. The van der Waals surface area contributed by atoms with Crippen molar-refractivity contribution in [2.24, 2.45) is 5.92 Å². The van der Waals surface area contributed by atoms with E-state index >= 15 is 0 Å². The van der Waals surface area contributed by atoms with Gasteiger partial charge < -0.3 is 14.9 Å². The van der Waals surface area contributed by atoms with Gasteiger partial charge >= 0.3 is 0 Å². The van der Waals surface area contributed by atoms with E-state index < -0.39 is 0 Å². The molecule has 5 heteroatoms. The van der Waals surface area contributed by atoms with Gasteiger partial charge in [-0.25, -0.2) is 9.97 Å². The normalized spacial score (nSPS) is 23.1. The van der Waals surface area contributed by atoms with Crippen LogP contribution in [0.1, 0.15) is 38.2 Å². The Bertz CT molecular complexity index is 461. The van der Waals surface area contributed by atoms with Crippen LogP contribution < -0.4 is 4.90 Å². The maximum atomic E-state index is 9.60. The van der Waals surface area contributed by atoms with Gasteiger partial charge in [0.05, 0.1) is 24.2 Å². The third-order valence-electron chi connectivity index (χ3n) is 4.11. The van der Waals surface area contributed by atoms with Crippen molar-refractivity contribution < 1.29 is 5.11 Å². The summed E-state index contributed by atoms with van der Waals surface area (Å²) in [5.41, 5.74) is 1.73. The van der Waals surface area contributed by atoms with Gasteiger partial charge in [0.1, 0.15) is 5.82 Å². The van der Waals surface area contributed by atoms with Crippen LogP contribution in [0.15, 0.2) is 6.20 Å². The van der Waals surface area contributed by atoms with Gasteiger partial charge in [-0.1, -0.05) is 20.8 Å². The van der Waals surface area contributed by atoms with E-state index in [0.29, 0.717) is 12.0 Å². The molecule has 1 N–H and O–H groups in total. The fourth-order valence-corrected chi connectivity index (χ4v) is 2.90. The van der Waals surface area contributed by atoms with Gasteiger partial charge in [0.25, 0.3) is 0 Å². The van der Waals surface area contributed by atoms with Crippen LogP contribution in [-0.2, 0) is 6.61 Å². The number of aliphatic hydroxyl groups excluding tert-OH is 1. The summed E-state index contributed by atoms with van der Waals surface area (Å²) in [6, 6.07) is 0.534. The van der Waals surface area contributed by atoms with Crippen LogP contribution in [0.5, 0.6) is 0 Å². The molecule has 1 fully saturated rings. The van der Waals surface area contributed by atoms with Gasteiger partial charge in [0.2, 0.25) is 0 Å². The summed E-state index contributed by atoms with van der Waals surface area (Å²) in [6.45, 7) is 8.32. The Labute approximate surface area is 121 Å². The smallest absolute Gasteiger partial charge is 0.131 e. The van der Waals surface area contributed by atoms with E-state index in [4.69, 9.17) is 0 Å². The maximum absolute atomic E-state index is 9.60. The van der Waals surface area contributed by atoms with Crippen LogP contribution in [0.4, 0.5) is 5.69 Å². The molecule has 1 saturated heterocycles. The standard InChI is InChI=1S/C15H26N4O/c1-10(2)15-16-6-13(12(9-20)17-15)19-7-11(3)14(8-19)18(4)5/h6,10-11,14,20H,7-9H2,1-5H3. The third-order valence-corrected chi connectivity index (χ3v) is 4.11. The fraction of sp³-hybridized carbons (Fsp3) is 0.733. The molecule has 0 aromatic carbocycles. The molecule has 0 bridgehead atoms. The molecule has 1 aromatic heterocycles. The zero-order chi connectivity index (χ0) is 14.9. The summed E-state index contributed by atoms with van der Waals surface area (Å²) < 4.78 is 0. The first-order valence-electron chi connectivity index (χ1n) is 7.32.